The minimum absolute atomic E-state index is 0.0561. The van der Waals surface area contributed by atoms with Gasteiger partial charge in [-0.05, 0) is 56.9 Å². The first kappa shape index (κ1) is 24.2. The van der Waals surface area contributed by atoms with Crippen LogP contribution in [0.1, 0.15) is 43.7 Å². The van der Waals surface area contributed by atoms with Crippen LogP contribution in [-0.2, 0) is 4.79 Å². The number of hydrogen-bond donors (Lipinski definition) is 4. The summed E-state index contributed by atoms with van der Waals surface area (Å²) in [6, 6.07) is 7.64. The predicted octanol–water partition coefficient (Wildman–Crippen LogP) is 4.35. The summed E-state index contributed by atoms with van der Waals surface area (Å²) in [6.07, 6.45) is 12.8. The Hall–Kier alpha value is -3.94. The van der Waals surface area contributed by atoms with Crippen LogP contribution in [-0.4, -0.2) is 45.6 Å². The lowest BCUT2D eigenvalue weighted by molar-refractivity contribution is -0.133. The third-order valence-electron chi connectivity index (χ3n) is 6.23. The number of nitrogens with two attached hydrogens (primary N) is 1. The van der Waals surface area contributed by atoms with E-state index in [0.717, 1.165) is 43.6 Å². The molecule has 1 aromatic heterocycles. The maximum atomic E-state index is 12.5. The summed E-state index contributed by atoms with van der Waals surface area (Å²) in [4.78, 5) is 23.1. The number of piperidine rings is 1. The second-order valence-electron chi connectivity index (χ2n) is 8.96. The lowest BCUT2D eigenvalue weighted by Crippen LogP contribution is -2.46. The minimum atomic E-state index is 0.0561. The molecule has 0 bridgehead atoms. The van der Waals surface area contributed by atoms with Crippen LogP contribution >= 0.6 is 0 Å². The van der Waals surface area contributed by atoms with Crippen molar-refractivity contribution in [3.05, 3.63) is 78.3 Å². The van der Waals surface area contributed by atoms with E-state index in [2.05, 4.69) is 27.2 Å². The number of carbonyl (C=O) groups is 1. The molecule has 0 radical (unpaired) electrons. The Balaban J connectivity index is 1.50. The maximum Gasteiger partial charge on any atom is 0.225 e. The summed E-state index contributed by atoms with van der Waals surface area (Å²) in [5.41, 5.74) is 9.45. The standard InChI is InChI=1S/C27H33N7O/c1-3-6-20(7-4-2)32-21-13-11-18(12-14-21)24(28)23-25(29)30-17-31-26(23)33-22-8-5-15-34(16-22)27(35)19-9-10-19/h3-4,6-7,11-14,17,19,22,28,32H,1,5,8-10,15-16H2,2H3,(H3,29,30,31,33)/b7-4-,20-6+,28-24?. The van der Waals surface area contributed by atoms with E-state index in [1.165, 1.54) is 6.33 Å². The lowest BCUT2D eigenvalue weighted by Gasteiger charge is -2.34. The van der Waals surface area contributed by atoms with Crippen molar-refractivity contribution in [2.75, 3.05) is 29.5 Å². The number of likely N-dealkylation sites (tertiary alicyclic amines) is 1. The van der Waals surface area contributed by atoms with Gasteiger partial charge in [0.15, 0.2) is 0 Å². The first-order valence-corrected chi connectivity index (χ1v) is 12.1. The summed E-state index contributed by atoms with van der Waals surface area (Å²) >= 11 is 0. The number of nitrogen functional groups attached to an aromatic ring is 1. The van der Waals surface area contributed by atoms with Crippen molar-refractivity contribution in [1.82, 2.24) is 14.9 Å². The Morgan fingerprint density at radius 3 is 2.69 bits per heavy atom. The molecule has 35 heavy (non-hydrogen) atoms. The Labute approximate surface area is 206 Å². The topological polar surface area (TPSA) is 120 Å². The molecule has 5 N–H and O–H groups in total. The van der Waals surface area contributed by atoms with Gasteiger partial charge < -0.3 is 21.3 Å². The second kappa shape index (κ2) is 11.0. The van der Waals surface area contributed by atoms with Gasteiger partial charge in [0.2, 0.25) is 5.91 Å². The van der Waals surface area contributed by atoms with Crippen LogP contribution in [0.3, 0.4) is 0 Å². The summed E-state index contributed by atoms with van der Waals surface area (Å²) in [6.45, 7) is 7.15. The maximum absolute atomic E-state index is 12.5. The number of rotatable bonds is 9. The van der Waals surface area contributed by atoms with Crippen LogP contribution in [0, 0.1) is 11.3 Å². The highest BCUT2D eigenvalue weighted by Crippen LogP contribution is 2.32. The van der Waals surface area contributed by atoms with Crippen molar-refractivity contribution in [3.63, 3.8) is 0 Å². The fourth-order valence-corrected chi connectivity index (χ4v) is 4.31. The number of carbonyl (C=O) groups excluding carboxylic acids is 1. The molecule has 1 saturated carbocycles. The molecule has 1 aliphatic heterocycles. The average Bonchev–Trinajstić information content (AvgIpc) is 3.70. The highest BCUT2D eigenvalue weighted by molar-refractivity contribution is 6.16. The lowest BCUT2D eigenvalue weighted by atomic mass is 10.0. The molecule has 1 amide bonds. The van der Waals surface area contributed by atoms with Gasteiger partial charge in [-0.1, -0.05) is 30.9 Å². The van der Waals surface area contributed by atoms with Gasteiger partial charge in [0.05, 0.1) is 11.3 Å². The second-order valence-corrected chi connectivity index (χ2v) is 8.96. The molecule has 1 saturated heterocycles. The summed E-state index contributed by atoms with van der Waals surface area (Å²) in [5.74, 6) is 1.26. The molecular weight excluding hydrogens is 438 g/mol. The van der Waals surface area contributed by atoms with Gasteiger partial charge in [-0.2, -0.15) is 0 Å². The number of benzene rings is 1. The molecule has 0 spiro atoms. The first-order chi connectivity index (χ1) is 17.0. The molecule has 2 aromatic rings. The number of allylic oxidation sites excluding steroid dienone is 4. The highest BCUT2D eigenvalue weighted by atomic mass is 16.2. The molecule has 8 heteroatoms. The van der Waals surface area contributed by atoms with Crippen molar-refractivity contribution in [1.29, 1.82) is 5.41 Å². The average molecular weight is 472 g/mol. The SMILES string of the molecule is C=C/C=C(\C=C/C)Nc1ccc(C(=N)c2c(N)ncnc2NC2CCCN(C(=O)C3CC3)C2)cc1. The molecule has 4 rings (SSSR count). The van der Waals surface area contributed by atoms with E-state index in [0.29, 0.717) is 23.5 Å². The van der Waals surface area contributed by atoms with Gasteiger partial charge in [0.25, 0.3) is 0 Å². The Bertz CT molecular complexity index is 1150. The van der Waals surface area contributed by atoms with E-state index in [-0.39, 0.29) is 29.4 Å². The molecular formula is C27H33N7O. The molecule has 182 valence electrons. The van der Waals surface area contributed by atoms with Crippen LogP contribution in [0.25, 0.3) is 0 Å². The molecule has 1 unspecified atom stereocenters. The van der Waals surface area contributed by atoms with Crippen molar-refractivity contribution in [3.8, 4) is 0 Å². The molecule has 2 fully saturated rings. The van der Waals surface area contributed by atoms with Crippen molar-refractivity contribution < 1.29 is 4.79 Å². The normalized spacial score (nSPS) is 18.4. The van der Waals surface area contributed by atoms with E-state index >= 15 is 0 Å². The van der Waals surface area contributed by atoms with Crippen molar-refractivity contribution >= 4 is 28.9 Å². The van der Waals surface area contributed by atoms with Gasteiger partial charge in [0.1, 0.15) is 18.0 Å². The van der Waals surface area contributed by atoms with E-state index in [1.54, 1.807) is 6.08 Å². The Kier molecular flexibility index (Phi) is 7.60. The highest BCUT2D eigenvalue weighted by Gasteiger charge is 2.35. The number of nitrogens with one attached hydrogen (secondary N) is 3. The Morgan fingerprint density at radius 1 is 1.23 bits per heavy atom. The molecule has 1 atom stereocenters. The molecule has 2 heterocycles. The van der Waals surface area contributed by atoms with E-state index in [9.17, 15) is 4.79 Å². The van der Waals surface area contributed by atoms with Gasteiger partial charge in [0, 0.05) is 42.0 Å². The third-order valence-corrected chi connectivity index (χ3v) is 6.23. The fourth-order valence-electron chi connectivity index (χ4n) is 4.31. The van der Waals surface area contributed by atoms with Crippen molar-refractivity contribution in [2.24, 2.45) is 5.92 Å². The molecule has 8 nitrogen and oxygen atoms in total. The molecule has 1 aliphatic carbocycles. The zero-order valence-electron chi connectivity index (χ0n) is 20.1. The van der Waals surface area contributed by atoms with Crippen LogP contribution in [0.15, 0.2) is 67.2 Å². The van der Waals surface area contributed by atoms with E-state index in [4.69, 9.17) is 11.1 Å². The predicted molar refractivity (Wildman–Crippen MR) is 141 cm³/mol. The summed E-state index contributed by atoms with van der Waals surface area (Å²) in [7, 11) is 0. The summed E-state index contributed by atoms with van der Waals surface area (Å²) in [5, 5.41) is 15.6. The van der Waals surface area contributed by atoms with Gasteiger partial charge in [-0.25, -0.2) is 9.97 Å². The number of nitrogens with zero attached hydrogens (tertiary/aromatic N) is 3. The van der Waals surface area contributed by atoms with Gasteiger partial charge in [-0.3, -0.25) is 10.2 Å². The number of anilines is 3. The third kappa shape index (κ3) is 5.95. The van der Waals surface area contributed by atoms with Gasteiger partial charge >= 0.3 is 0 Å². The van der Waals surface area contributed by atoms with Gasteiger partial charge in [-0.15, -0.1) is 0 Å². The van der Waals surface area contributed by atoms with Crippen molar-refractivity contribution in [2.45, 2.75) is 38.6 Å². The van der Waals surface area contributed by atoms with E-state index < -0.39 is 0 Å². The first-order valence-electron chi connectivity index (χ1n) is 12.1. The zero-order chi connectivity index (χ0) is 24.8. The zero-order valence-corrected chi connectivity index (χ0v) is 20.1. The number of hydrogen-bond acceptors (Lipinski definition) is 7. The van der Waals surface area contributed by atoms with Crippen LogP contribution in [0.5, 0.6) is 0 Å². The largest absolute Gasteiger partial charge is 0.383 e. The fraction of sp³-hybridized carbons (Fsp3) is 0.333. The monoisotopic (exact) mass is 471 g/mol. The molecule has 1 aromatic carbocycles. The summed E-state index contributed by atoms with van der Waals surface area (Å²) < 4.78 is 0. The Morgan fingerprint density at radius 2 is 2.00 bits per heavy atom. The molecule has 2 aliphatic rings. The minimum Gasteiger partial charge on any atom is -0.383 e. The number of amides is 1. The smallest absolute Gasteiger partial charge is 0.225 e. The van der Waals surface area contributed by atoms with Crippen LogP contribution in [0.2, 0.25) is 0 Å². The van der Waals surface area contributed by atoms with E-state index in [1.807, 2.05) is 54.3 Å². The quantitative estimate of drug-likeness (QED) is 0.319. The number of aromatic nitrogens is 2. The van der Waals surface area contributed by atoms with Crippen LogP contribution in [0.4, 0.5) is 17.3 Å². The van der Waals surface area contributed by atoms with Crippen LogP contribution < -0.4 is 16.4 Å².